The van der Waals surface area contributed by atoms with E-state index in [0.29, 0.717) is 5.88 Å². The van der Waals surface area contributed by atoms with Crippen LogP contribution in [0.3, 0.4) is 0 Å². The quantitative estimate of drug-likeness (QED) is 0.577. The molecule has 0 N–H and O–H groups in total. The summed E-state index contributed by atoms with van der Waals surface area (Å²) in [5.41, 5.74) is 6.13. The number of ether oxygens (including phenoxy) is 1. The van der Waals surface area contributed by atoms with Gasteiger partial charge in [0.1, 0.15) is 12.0 Å². The third-order valence-corrected chi connectivity index (χ3v) is 4.11. The number of pyridine rings is 2. The third-order valence-electron chi connectivity index (χ3n) is 4.11. The highest BCUT2D eigenvalue weighted by Gasteiger charge is 2.14. The molecule has 0 aliphatic carbocycles. The lowest BCUT2D eigenvalue weighted by Gasteiger charge is -2.10. The number of benzene rings is 1. The van der Waals surface area contributed by atoms with Crippen LogP contribution in [0.4, 0.5) is 0 Å². The number of hydrogen-bond acceptors (Lipinski definition) is 4. The molecule has 5 heteroatoms. The van der Waals surface area contributed by atoms with E-state index in [9.17, 15) is 0 Å². The Kier molecular flexibility index (Phi) is 3.46. The van der Waals surface area contributed by atoms with E-state index in [2.05, 4.69) is 27.9 Å². The van der Waals surface area contributed by atoms with Crippen LogP contribution in [-0.2, 0) is 0 Å². The molecule has 0 unspecified atom stereocenters. The van der Waals surface area contributed by atoms with Crippen molar-refractivity contribution < 1.29 is 4.74 Å². The van der Waals surface area contributed by atoms with Crippen molar-refractivity contribution in [2.45, 2.75) is 6.92 Å². The van der Waals surface area contributed by atoms with E-state index in [-0.39, 0.29) is 0 Å². The van der Waals surface area contributed by atoms with Crippen LogP contribution >= 0.6 is 0 Å². The second-order valence-electron chi connectivity index (χ2n) is 5.51. The molecule has 24 heavy (non-hydrogen) atoms. The number of hydrogen-bond donors (Lipinski definition) is 0. The summed E-state index contributed by atoms with van der Waals surface area (Å²) in [6.45, 7) is 2.08. The van der Waals surface area contributed by atoms with Crippen molar-refractivity contribution in [3.63, 3.8) is 0 Å². The number of rotatable bonds is 3. The van der Waals surface area contributed by atoms with Crippen LogP contribution < -0.4 is 4.74 Å². The van der Waals surface area contributed by atoms with Gasteiger partial charge in [0.25, 0.3) is 0 Å². The van der Waals surface area contributed by atoms with Crippen LogP contribution in [0.2, 0.25) is 0 Å². The van der Waals surface area contributed by atoms with Crippen LogP contribution in [0, 0.1) is 6.92 Å². The molecule has 4 aromatic rings. The number of aromatic nitrogens is 4. The topological polar surface area (TPSA) is 52.8 Å². The summed E-state index contributed by atoms with van der Waals surface area (Å²) in [4.78, 5) is 13.2. The first-order valence-corrected chi connectivity index (χ1v) is 7.66. The first-order chi connectivity index (χ1) is 11.8. The molecule has 0 amide bonds. The molecule has 0 saturated carbocycles. The van der Waals surface area contributed by atoms with Crippen LogP contribution in [0.25, 0.3) is 27.8 Å². The smallest absolute Gasteiger partial charge is 0.238 e. The van der Waals surface area contributed by atoms with Crippen molar-refractivity contribution in [3.05, 3.63) is 66.9 Å². The van der Waals surface area contributed by atoms with Crippen LogP contribution in [0.15, 0.2) is 61.3 Å². The number of aryl methyl sites for hydroxylation is 1. The third kappa shape index (κ3) is 2.22. The van der Waals surface area contributed by atoms with E-state index in [1.165, 1.54) is 5.56 Å². The van der Waals surface area contributed by atoms with Crippen LogP contribution in [-0.4, -0.2) is 26.6 Å². The molecule has 0 spiro atoms. The zero-order chi connectivity index (χ0) is 16.5. The Morgan fingerprint density at radius 2 is 1.88 bits per heavy atom. The van der Waals surface area contributed by atoms with Gasteiger partial charge in [0, 0.05) is 29.7 Å². The van der Waals surface area contributed by atoms with E-state index in [1.54, 1.807) is 25.8 Å². The van der Waals surface area contributed by atoms with Gasteiger partial charge in [0.2, 0.25) is 5.88 Å². The maximum Gasteiger partial charge on any atom is 0.238 e. The summed E-state index contributed by atoms with van der Waals surface area (Å²) in [5.74, 6) is 0.569. The minimum atomic E-state index is 0.569. The molecule has 4 rings (SSSR count). The minimum Gasteiger partial charge on any atom is -0.480 e. The van der Waals surface area contributed by atoms with E-state index < -0.39 is 0 Å². The predicted octanol–water partition coefficient (Wildman–Crippen LogP) is 3.80. The summed E-state index contributed by atoms with van der Waals surface area (Å²) in [6, 6.07) is 12.0. The van der Waals surface area contributed by atoms with Gasteiger partial charge in [-0.15, -0.1) is 0 Å². The number of fused-ring (bicyclic) bond motifs is 1. The largest absolute Gasteiger partial charge is 0.480 e. The fourth-order valence-corrected chi connectivity index (χ4v) is 2.92. The number of imidazole rings is 1. The number of para-hydroxylation sites is 1. The van der Waals surface area contributed by atoms with Crippen LogP contribution in [0.1, 0.15) is 5.56 Å². The lowest BCUT2D eigenvalue weighted by molar-refractivity contribution is 0.396. The van der Waals surface area contributed by atoms with Gasteiger partial charge in [-0.2, -0.15) is 0 Å². The van der Waals surface area contributed by atoms with E-state index in [4.69, 9.17) is 4.74 Å². The highest BCUT2D eigenvalue weighted by molar-refractivity contribution is 5.93. The highest BCUT2D eigenvalue weighted by atomic mass is 16.5. The van der Waals surface area contributed by atoms with Crippen LogP contribution in [0.5, 0.6) is 5.88 Å². The monoisotopic (exact) mass is 316 g/mol. The molecule has 0 saturated heterocycles. The summed E-state index contributed by atoms with van der Waals surface area (Å²) in [5, 5.41) is 0. The standard InChI is InChI=1S/C19H16N4O/c1-13-8-10-20-11-15(13)14-5-3-6-16-18(14)22-12-23(16)17-7-4-9-21-19(17)24-2/h3-12H,1-2H3. The molecule has 3 aromatic heterocycles. The first kappa shape index (κ1) is 14.4. The van der Waals surface area contributed by atoms with Gasteiger partial charge in [0.15, 0.2) is 0 Å². The second kappa shape index (κ2) is 5.77. The van der Waals surface area contributed by atoms with Gasteiger partial charge in [-0.05, 0) is 36.8 Å². The van der Waals surface area contributed by atoms with Crippen molar-refractivity contribution in [3.8, 4) is 22.7 Å². The van der Waals surface area contributed by atoms with E-state index in [1.807, 2.05) is 41.1 Å². The zero-order valence-electron chi connectivity index (χ0n) is 13.5. The SMILES string of the molecule is COc1ncccc1-n1cnc2c(-c3cnccc3C)cccc21. The molecule has 0 atom stereocenters. The fourth-order valence-electron chi connectivity index (χ4n) is 2.92. The van der Waals surface area contributed by atoms with Crippen molar-refractivity contribution in [2.75, 3.05) is 7.11 Å². The van der Waals surface area contributed by atoms with Crippen molar-refractivity contribution in [1.29, 1.82) is 0 Å². The highest BCUT2D eigenvalue weighted by Crippen LogP contribution is 2.31. The Bertz CT molecular complexity index is 1020. The Morgan fingerprint density at radius 1 is 0.958 bits per heavy atom. The Morgan fingerprint density at radius 3 is 2.71 bits per heavy atom. The van der Waals surface area contributed by atoms with E-state index in [0.717, 1.165) is 27.8 Å². The molecule has 0 aliphatic rings. The summed E-state index contributed by atoms with van der Waals surface area (Å²) in [7, 11) is 1.62. The Hall–Kier alpha value is -3.21. The second-order valence-corrected chi connectivity index (χ2v) is 5.51. The Labute approximate surface area is 139 Å². The average molecular weight is 316 g/mol. The molecule has 118 valence electrons. The molecule has 0 aliphatic heterocycles. The first-order valence-electron chi connectivity index (χ1n) is 7.66. The molecule has 0 radical (unpaired) electrons. The van der Waals surface area contributed by atoms with Gasteiger partial charge in [0.05, 0.1) is 18.1 Å². The molecule has 3 heterocycles. The molecular weight excluding hydrogens is 300 g/mol. The molecular formula is C19H16N4O. The van der Waals surface area contributed by atoms with Crippen molar-refractivity contribution >= 4 is 11.0 Å². The van der Waals surface area contributed by atoms with Gasteiger partial charge < -0.3 is 4.74 Å². The zero-order valence-corrected chi connectivity index (χ0v) is 13.5. The summed E-state index contributed by atoms with van der Waals surface area (Å²) in [6.07, 6.45) is 7.21. The van der Waals surface area contributed by atoms with Gasteiger partial charge in [-0.25, -0.2) is 9.97 Å². The maximum atomic E-state index is 5.38. The molecule has 5 nitrogen and oxygen atoms in total. The fraction of sp³-hybridized carbons (Fsp3) is 0.105. The minimum absolute atomic E-state index is 0.569. The van der Waals surface area contributed by atoms with Gasteiger partial charge in [-0.1, -0.05) is 12.1 Å². The number of methoxy groups -OCH3 is 1. The summed E-state index contributed by atoms with van der Waals surface area (Å²) < 4.78 is 7.38. The van der Waals surface area contributed by atoms with E-state index >= 15 is 0 Å². The van der Waals surface area contributed by atoms with Gasteiger partial charge in [-0.3, -0.25) is 9.55 Å². The Balaban J connectivity index is 1.97. The summed E-state index contributed by atoms with van der Waals surface area (Å²) >= 11 is 0. The molecule has 1 aromatic carbocycles. The number of nitrogens with zero attached hydrogens (tertiary/aromatic N) is 4. The lowest BCUT2D eigenvalue weighted by atomic mass is 10.0. The van der Waals surface area contributed by atoms with Gasteiger partial charge >= 0.3 is 0 Å². The van der Waals surface area contributed by atoms with Crippen molar-refractivity contribution in [2.24, 2.45) is 0 Å². The predicted molar refractivity (Wildman–Crippen MR) is 93.4 cm³/mol. The molecule has 0 fully saturated rings. The lowest BCUT2D eigenvalue weighted by Crippen LogP contribution is -1.98. The normalized spacial score (nSPS) is 10.9. The average Bonchev–Trinajstić information content (AvgIpc) is 3.06. The molecule has 0 bridgehead atoms. The van der Waals surface area contributed by atoms with Crippen molar-refractivity contribution in [1.82, 2.24) is 19.5 Å². The maximum absolute atomic E-state index is 5.38.